The van der Waals surface area contributed by atoms with Crippen molar-refractivity contribution in [3.8, 4) is 0 Å². The van der Waals surface area contributed by atoms with Crippen molar-refractivity contribution in [3.63, 3.8) is 0 Å². The lowest BCUT2D eigenvalue weighted by atomic mass is 10.1. The monoisotopic (exact) mass is 298 g/mol. The van der Waals surface area contributed by atoms with E-state index in [0.717, 1.165) is 15.7 Å². The number of nitrogen functional groups attached to an aromatic ring is 1. The standard InChI is InChI=1S/C12H15BrN2O2/c1-7-2-10(14)11(4-9(7)13)15-5-8(6-16)3-12(15)17/h2,4,8,16H,3,5-6,14H2,1H3. The van der Waals surface area contributed by atoms with Crippen LogP contribution < -0.4 is 10.6 Å². The molecule has 0 bridgehead atoms. The van der Waals surface area contributed by atoms with E-state index in [2.05, 4.69) is 15.9 Å². The first-order valence-corrected chi connectivity index (χ1v) is 6.29. The number of nitrogens with zero attached hydrogens (tertiary/aromatic N) is 1. The van der Waals surface area contributed by atoms with Crippen molar-refractivity contribution in [3.05, 3.63) is 22.2 Å². The van der Waals surface area contributed by atoms with Gasteiger partial charge in [0, 0.05) is 30.0 Å². The van der Waals surface area contributed by atoms with E-state index in [1.54, 1.807) is 4.90 Å². The number of aryl methyl sites for hydroxylation is 1. The molecule has 0 aromatic heterocycles. The summed E-state index contributed by atoms with van der Waals surface area (Å²) in [7, 11) is 0. The highest BCUT2D eigenvalue weighted by molar-refractivity contribution is 9.10. The fourth-order valence-corrected chi connectivity index (χ4v) is 2.40. The largest absolute Gasteiger partial charge is 0.397 e. The van der Waals surface area contributed by atoms with Crippen LogP contribution >= 0.6 is 15.9 Å². The average molecular weight is 299 g/mol. The summed E-state index contributed by atoms with van der Waals surface area (Å²) >= 11 is 3.44. The molecule has 1 heterocycles. The van der Waals surface area contributed by atoms with Crippen molar-refractivity contribution < 1.29 is 9.90 Å². The van der Waals surface area contributed by atoms with Crippen molar-refractivity contribution in [2.24, 2.45) is 5.92 Å². The Bertz CT molecular complexity index is 462. The molecule has 1 saturated heterocycles. The van der Waals surface area contributed by atoms with Gasteiger partial charge in [0.2, 0.25) is 5.91 Å². The van der Waals surface area contributed by atoms with Gasteiger partial charge in [-0.1, -0.05) is 15.9 Å². The molecule has 1 aromatic rings. The number of hydrogen-bond donors (Lipinski definition) is 2. The maximum absolute atomic E-state index is 11.8. The van der Waals surface area contributed by atoms with Crippen molar-refractivity contribution in [1.82, 2.24) is 0 Å². The van der Waals surface area contributed by atoms with Crippen LogP contribution in [0.1, 0.15) is 12.0 Å². The van der Waals surface area contributed by atoms with Gasteiger partial charge in [-0.15, -0.1) is 0 Å². The van der Waals surface area contributed by atoms with E-state index >= 15 is 0 Å². The minimum atomic E-state index is 0.0157. The van der Waals surface area contributed by atoms with E-state index in [-0.39, 0.29) is 18.4 Å². The third-order valence-corrected chi connectivity index (χ3v) is 3.92. The number of nitrogens with two attached hydrogens (primary N) is 1. The number of aliphatic hydroxyl groups is 1. The Morgan fingerprint density at radius 3 is 2.88 bits per heavy atom. The fourth-order valence-electron chi connectivity index (χ4n) is 2.06. The highest BCUT2D eigenvalue weighted by Crippen LogP contribution is 2.33. The lowest BCUT2D eigenvalue weighted by Crippen LogP contribution is -2.26. The Hall–Kier alpha value is -1.07. The van der Waals surface area contributed by atoms with Crippen molar-refractivity contribution in [2.75, 3.05) is 23.8 Å². The molecule has 3 N–H and O–H groups in total. The van der Waals surface area contributed by atoms with Gasteiger partial charge in [0.05, 0.1) is 11.4 Å². The molecule has 1 aliphatic rings. The molecule has 0 radical (unpaired) electrons. The molecule has 1 aliphatic heterocycles. The summed E-state index contributed by atoms with van der Waals surface area (Å²) in [5, 5.41) is 9.10. The minimum absolute atomic E-state index is 0.0157. The smallest absolute Gasteiger partial charge is 0.227 e. The summed E-state index contributed by atoms with van der Waals surface area (Å²) in [6.07, 6.45) is 0.390. The number of halogens is 1. The third-order valence-electron chi connectivity index (χ3n) is 3.06. The Kier molecular flexibility index (Phi) is 3.40. The predicted molar refractivity (Wildman–Crippen MR) is 70.8 cm³/mol. The fraction of sp³-hybridized carbons (Fsp3) is 0.417. The quantitative estimate of drug-likeness (QED) is 0.817. The van der Waals surface area contributed by atoms with Gasteiger partial charge in [-0.3, -0.25) is 4.79 Å². The van der Waals surface area contributed by atoms with E-state index < -0.39 is 0 Å². The van der Waals surface area contributed by atoms with Crippen LogP contribution in [-0.4, -0.2) is 24.2 Å². The topological polar surface area (TPSA) is 66.6 Å². The molecular formula is C12H15BrN2O2. The van der Waals surface area contributed by atoms with E-state index in [1.165, 1.54) is 0 Å². The van der Waals surface area contributed by atoms with Crippen LogP contribution in [0.3, 0.4) is 0 Å². The van der Waals surface area contributed by atoms with E-state index in [4.69, 9.17) is 10.8 Å². The van der Waals surface area contributed by atoms with Crippen LogP contribution in [0, 0.1) is 12.8 Å². The number of hydrogen-bond acceptors (Lipinski definition) is 3. The maximum atomic E-state index is 11.8. The first-order valence-electron chi connectivity index (χ1n) is 5.49. The SMILES string of the molecule is Cc1cc(N)c(N2CC(CO)CC2=O)cc1Br. The van der Waals surface area contributed by atoms with Gasteiger partial charge in [0.25, 0.3) is 0 Å². The molecule has 1 atom stereocenters. The van der Waals surface area contributed by atoms with Crippen molar-refractivity contribution in [2.45, 2.75) is 13.3 Å². The number of aliphatic hydroxyl groups excluding tert-OH is 1. The zero-order chi connectivity index (χ0) is 12.6. The molecule has 0 saturated carbocycles. The molecule has 0 spiro atoms. The summed E-state index contributed by atoms with van der Waals surface area (Å²) in [5.41, 5.74) is 8.30. The van der Waals surface area contributed by atoms with Crippen LogP contribution in [0.15, 0.2) is 16.6 Å². The highest BCUT2D eigenvalue weighted by atomic mass is 79.9. The Labute approximate surface area is 109 Å². The summed E-state index contributed by atoms with van der Waals surface area (Å²) < 4.78 is 0.932. The Morgan fingerprint density at radius 1 is 1.59 bits per heavy atom. The third kappa shape index (κ3) is 2.30. The molecule has 2 rings (SSSR count). The first-order chi connectivity index (χ1) is 8.02. The summed E-state index contributed by atoms with van der Waals surface area (Å²) in [6.45, 7) is 2.52. The van der Waals surface area contributed by atoms with Crippen LogP contribution in [0.25, 0.3) is 0 Å². The van der Waals surface area contributed by atoms with Gasteiger partial charge in [-0.2, -0.15) is 0 Å². The van der Waals surface area contributed by atoms with Crippen LogP contribution in [-0.2, 0) is 4.79 Å². The van der Waals surface area contributed by atoms with Crippen molar-refractivity contribution >= 4 is 33.2 Å². The van der Waals surface area contributed by atoms with E-state index in [9.17, 15) is 4.79 Å². The summed E-state index contributed by atoms with van der Waals surface area (Å²) in [5.74, 6) is 0.0356. The van der Waals surface area contributed by atoms with Gasteiger partial charge in [0.15, 0.2) is 0 Å². The molecule has 1 amide bonds. The number of carbonyl (C=O) groups is 1. The molecule has 0 aliphatic carbocycles. The second-order valence-electron chi connectivity index (χ2n) is 4.42. The number of anilines is 2. The van der Waals surface area contributed by atoms with Gasteiger partial charge >= 0.3 is 0 Å². The lowest BCUT2D eigenvalue weighted by molar-refractivity contribution is -0.117. The zero-order valence-corrected chi connectivity index (χ0v) is 11.2. The number of rotatable bonds is 2. The lowest BCUT2D eigenvalue weighted by Gasteiger charge is -2.19. The zero-order valence-electron chi connectivity index (χ0n) is 9.61. The van der Waals surface area contributed by atoms with E-state index in [0.29, 0.717) is 18.7 Å². The van der Waals surface area contributed by atoms with Crippen LogP contribution in [0.5, 0.6) is 0 Å². The van der Waals surface area contributed by atoms with Gasteiger partial charge in [-0.05, 0) is 24.6 Å². The molecule has 92 valence electrons. The number of carbonyl (C=O) groups excluding carboxylic acids is 1. The molecular weight excluding hydrogens is 284 g/mol. The summed E-state index contributed by atoms with van der Waals surface area (Å²) in [4.78, 5) is 13.5. The molecule has 17 heavy (non-hydrogen) atoms. The molecule has 1 aromatic carbocycles. The maximum Gasteiger partial charge on any atom is 0.227 e. The number of amides is 1. The van der Waals surface area contributed by atoms with Crippen LogP contribution in [0.2, 0.25) is 0 Å². The molecule has 1 unspecified atom stereocenters. The average Bonchev–Trinajstić information content (AvgIpc) is 2.65. The normalized spacial score (nSPS) is 20.1. The minimum Gasteiger partial charge on any atom is -0.397 e. The van der Waals surface area contributed by atoms with Crippen molar-refractivity contribution in [1.29, 1.82) is 0 Å². The Balaban J connectivity index is 2.35. The second kappa shape index (κ2) is 4.66. The highest BCUT2D eigenvalue weighted by Gasteiger charge is 2.31. The van der Waals surface area contributed by atoms with E-state index in [1.807, 2.05) is 19.1 Å². The first kappa shape index (κ1) is 12.4. The number of benzene rings is 1. The van der Waals surface area contributed by atoms with Gasteiger partial charge in [0.1, 0.15) is 0 Å². The molecule has 5 heteroatoms. The summed E-state index contributed by atoms with van der Waals surface area (Å²) in [6, 6.07) is 3.71. The van der Waals surface area contributed by atoms with Gasteiger partial charge < -0.3 is 15.7 Å². The molecule has 1 fully saturated rings. The Morgan fingerprint density at radius 2 is 2.29 bits per heavy atom. The van der Waals surface area contributed by atoms with Gasteiger partial charge in [-0.25, -0.2) is 0 Å². The van der Waals surface area contributed by atoms with Crippen LogP contribution in [0.4, 0.5) is 11.4 Å². The second-order valence-corrected chi connectivity index (χ2v) is 5.27. The molecule has 4 nitrogen and oxygen atoms in total. The predicted octanol–water partition coefficient (Wildman–Crippen LogP) is 1.68.